The number of carbonyl (C=O) groups excluding carboxylic acids is 2. The quantitative estimate of drug-likeness (QED) is 0.0847. The monoisotopic (exact) mass is 660 g/mol. The normalized spacial score (nSPS) is 13.0. The van der Waals surface area contributed by atoms with Gasteiger partial charge in [-0.3, -0.25) is 14.1 Å². The summed E-state index contributed by atoms with van der Waals surface area (Å²) in [5, 5.41) is -1.95. The van der Waals surface area contributed by atoms with Crippen LogP contribution in [0.3, 0.4) is 0 Å². The van der Waals surface area contributed by atoms with E-state index in [-0.39, 0.29) is 78.5 Å². The van der Waals surface area contributed by atoms with Crippen molar-refractivity contribution in [3.05, 3.63) is 0 Å². The Bertz CT molecular complexity index is 644. The van der Waals surface area contributed by atoms with Crippen molar-refractivity contribution in [1.82, 2.24) is 0 Å². The van der Waals surface area contributed by atoms with Crippen LogP contribution in [0, 0.1) is 11.8 Å². The van der Waals surface area contributed by atoms with Crippen LogP contribution in [0.15, 0.2) is 0 Å². The number of thiol groups is 1. The molecule has 0 heterocycles. The van der Waals surface area contributed by atoms with E-state index in [2.05, 4.69) is 38.7 Å². The molecule has 0 aromatic heterocycles. The summed E-state index contributed by atoms with van der Waals surface area (Å²) in [6, 6.07) is 0. The van der Waals surface area contributed by atoms with Gasteiger partial charge in [0.1, 0.15) is 0 Å². The molecule has 2 radical (unpaired) electrons. The van der Waals surface area contributed by atoms with Crippen LogP contribution in [0.25, 0.3) is 0 Å². The van der Waals surface area contributed by atoms with Gasteiger partial charge in [0.2, 0.25) is 0 Å². The summed E-state index contributed by atoms with van der Waals surface area (Å²) in [4.78, 5) is 24.2. The first kappa shape index (κ1) is 42.2. The van der Waals surface area contributed by atoms with Crippen LogP contribution in [-0.2, 0) is 29.2 Å². The topological polar surface area (TPSA) is 107 Å². The number of esters is 2. The predicted molar refractivity (Wildman–Crippen MR) is 151 cm³/mol. The Morgan fingerprint density at radius 1 is 0.941 bits per heavy atom. The first-order valence-electron chi connectivity index (χ1n) is 11.4. The summed E-state index contributed by atoms with van der Waals surface area (Å²) in [5.74, 6) is -1.61. The van der Waals surface area contributed by atoms with Crippen molar-refractivity contribution in [1.29, 1.82) is 0 Å². The van der Waals surface area contributed by atoms with Crippen LogP contribution in [-0.4, -0.2) is 101 Å². The van der Waals surface area contributed by atoms with E-state index in [0.717, 1.165) is 51.4 Å². The number of hydrogen-bond acceptors (Lipinski definition) is 7. The van der Waals surface area contributed by atoms with Gasteiger partial charge in [-0.25, -0.2) is 0 Å². The second kappa shape index (κ2) is 25.7. The third kappa shape index (κ3) is 24.8. The molecule has 0 fully saturated rings. The van der Waals surface area contributed by atoms with Crippen LogP contribution in [0.4, 0.5) is 0 Å². The molecule has 0 amide bonds. The van der Waals surface area contributed by atoms with Crippen LogP contribution < -0.4 is 0 Å². The van der Waals surface area contributed by atoms with Gasteiger partial charge in [-0.15, -0.1) is 12.6 Å². The molecule has 198 valence electrons. The molecule has 12 heteroatoms. The molecule has 0 aliphatic rings. The fraction of sp³-hybridized carbons (Fsp3) is 0.864. The van der Waals surface area contributed by atoms with E-state index in [1.54, 1.807) is 6.92 Å². The molecule has 0 bridgehead atoms. The zero-order valence-corrected chi connectivity index (χ0v) is 27.4. The number of unbranched alkanes of at least 4 members (excludes halogenated alkanes) is 2. The molecule has 0 aromatic carbocycles. The molecule has 7 nitrogen and oxygen atoms in total. The molecule has 0 rings (SSSR count). The van der Waals surface area contributed by atoms with Crippen LogP contribution >= 0.6 is 24.8 Å². The minimum atomic E-state index is -4.76. The van der Waals surface area contributed by atoms with Gasteiger partial charge < -0.3 is 9.47 Å². The maximum absolute atomic E-state index is 12.2. The molecule has 3 unspecified atom stereocenters. The summed E-state index contributed by atoms with van der Waals surface area (Å²) < 4.78 is 43.5. The van der Waals surface area contributed by atoms with Crippen molar-refractivity contribution >= 4 is 105 Å². The molecular weight excluding hydrogens is 614 g/mol. The van der Waals surface area contributed by atoms with Gasteiger partial charge in [0, 0.05) is 4.20 Å². The molecule has 0 spiro atoms. The molecule has 1 N–H and O–H groups in total. The van der Waals surface area contributed by atoms with E-state index in [9.17, 15) is 22.6 Å². The molecule has 0 saturated heterocycles. The van der Waals surface area contributed by atoms with Gasteiger partial charge in [-0.1, -0.05) is 78.4 Å². The van der Waals surface area contributed by atoms with Gasteiger partial charge in [0.05, 0.1) is 19.6 Å². The standard InChI is InChI=1S/C20H38O7S.C2H4S2.Na.Sn.3H/c1-5-9-11-16(7-3)14-26-19(21)13-18(28(23,24)25)20(22)27-15-17(8-4)12-10-6-2;1-2(3)4;;;;;/h16-18H,5-15H2,1-4H3,(H,23,24,25);1H3,(H,3,4);;;;;. The van der Waals surface area contributed by atoms with E-state index in [0.29, 0.717) is 4.20 Å². The number of ether oxygens (including phenoxy) is 2. The Morgan fingerprint density at radius 2 is 1.32 bits per heavy atom. The Kier molecular flexibility index (Phi) is 31.9. The first-order valence-corrected chi connectivity index (χ1v) is 13.8. The maximum atomic E-state index is 12.2. The molecule has 3 atom stereocenters. The SMILES string of the molecule is CC(=S)S.CCCCC(CC)COC(=O)CC(C(=O)OCC(CC)CCCC)S(=O)(=O)O.[NaH].[SnH2]. The van der Waals surface area contributed by atoms with Gasteiger partial charge in [0.25, 0.3) is 10.1 Å². The van der Waals surface area contributed by atoms with Gasteiger partial charge in [-0.2, -0.15) is 8.42 Å². The summed E-state index contributed by atoms with van der Waals surface area (Å²) in [5.41, 5.74) is 0. The van der Waals surface area contributed by atoms with Crippen molar-refractivity contribution in [2.75, 3.05) is 13.2 Å². The predicted octanol–water partition coefficient (Wildman–Crippen LogP) is 3.85. The molecule has 0 saturated carbocycles. The minimum absolute atomic E-state index is 0. The number of rotatable bonds is 16. The van der Waals surface area contributed by atoms with Crippen molar-refractivity contribution < 1.29 is 32.0 Å². The molecule has 34 heavy (non-hydrogen) atoms. The van der Waals surface area contributed by atoms with Crippen LogP contribution in [0.1, 0.15) is 92.4 Å². The average molecular weight is 659 g/mol. The van der Waals surface area contributed by atoms with E-state index >= 15 is 0 Å². The second-order valence-corrected chi connectivity index (χ2v) is 11.1. The van der Waals surface area contributed by atoms with Gasteiger partial charge in [-0.05, 0) is 31.6 Å². The molecule has 0 aliphatic heterocycles. The van der Waals surface area contributed by atoms with Crippen LogP contribution in [0.5, 0.6) is 0 Å². The third-order valence-corrected chi connectivity index (χ3v) is 6.08. The van der Waals surface area contributed by atoms with Crippen molar-refractivity contribution in [3.8, 4) is 0 Å². The summed E-state index contributed by atoms with van der Waals surface area (Å²) >= 11 is 8.10. The fourth-order valence-electron chi connectivity index (χ4n) is 2.82. The van der Waals surface area contributed by atoms with Crippen molar-refractivity contribution in [2.24, 2.45) is 11.8 Å². The zero-order valence-electron chi connectivity index (χ0n) is 20.9. The van der Waals surface area contributed by atoms with E-state index < -0.39 is 33.7 Å². The molecular formula is C22H45NaO7S3Sn. The second-order valence-electron chi connectivity index (χ2n) is 7.87. The summed E-state index contributed by atoms with van der Waals surface area (Å²) in [7, 11) is -4.76. The van der Waals surface area contributed by atoms with E-state index in [1.807, 2.05) is 13.8 Å². The summed E-state index contributed by atoms with van der Waals surface area (Å²) in [6.07, 6.45) is 6.74. The fourth-order valence-corrected chi connectivity index (χ4v) is 3.48. The Morgan fingerprint density at radius 3 is 1.65 bits per heavy atom. The van der Waals surface area contributed by atoms with Gasteiger partial charge >= 0.3 is 65.4 Å². The van der Waals surface area contributed by atoms with E-state index in [1.165, 1.54) is 0 Å². The van der Waals surface area contributed by atoms with Crippen molar-refractivity contribution in [2.45, 2.75) is 97.7 Å². The zero-order chi connectivity index (χ0) is 25.2. The number of thiocarbonyl (C=S) groups is 1. The van der Waals surface area contributed by atoms with Crippen molar-refractivity contribution in [3.63, 3.8) is 0 Å². The van der Waals surface area contributed by atoms with Gasteiger partial charge in [0.15, 0.2) is 5.25 Å². The van der Waals surface area contributed by atoms with E-state index in [4.69, 9.17) is 9.47 Å². The Hall–Kier alpha value is 1.09. The number of hydrogen-bond donors (Lipinski definition) is 2. The van der Waals surface area contributed by atoms with Crippen LogP contribution in [0.2, 0.25) is 0 Å². The average Bonchev–Trinajstić information content (AvgIpc) is 2.70. The molecule has 0 aromatic rings. The molecule has 0 aliphatic carbocycles. The Labute approximate surface area is 257 Å². The summed E-state index contributed by atoms with van der Waals surface area (Å²) in [6.45, 7) is 10.1. The third-order valence-electron chi connectivity index (χ3n) is 5.00. The number of carbonyl (C=O) groups is 2. The Balaban J connectivity index is -0.000000690. The first-order chi connectivity index (χ1) is 14.9.